The second-order valence-corrected chi connectivity index (χ2v) is 9.00. The minimum Gasteiger partial charge on any atom is -0.381 e. The van der Waals surface area contributed by atoms with E-state index in [9.17, 15) is 0 Å². The van der Waals surface area contributed by atoms with Crippen molar-refractivity contribution < 1.29 is 4.74 Å². The predicted molar refractivity (Wildman–Crippen MR) is 101 cm³/mol. The van der Waals surface area contributed by atoms with Gasteiger partial charge in [0.1, 0.15) is 0 Å². The van der Waals surface area contributed by atoms with Crippen LogP contribution < -0.4 is 10.6 Å². The van der Waals surface area contributed by atoms with Crippen LogP contribution in [0.15, 0.2) is 4.99 Å². The first kappa shape index (κ1) is 18.9. The SMILES string of the molecule is CN=C(NCC1(CC(C)C)CCC1)NCC1(SC)CCOCC1. The topological polar surface area (TPSA) is 45.7 Å². The van der Waals surface area contributed by atoms with Crippen molar-refractivity contribution in [3.63, 3.8) is 0 Å². The van der Waals surface area contributed by atoms with Gasteiger partial charge in [-0.2, -0.15) is 11.8 Å². The Morgan fingerprint density at radius 3 is 2.26 bits per heavy atom. The largest absolute Gasteiger partial charge is 0.381 e. The minimum absolute atomic E-state index is 0.294. The molecule has 0 aromatic rings. The zero-order valence-electron chi connectivity index (χ0n) is 15.4. The Labute approximate surface area is 146 Å². The molecule has 2 rings (SSSR count). The lowest BCUT2D eigenvalue weighted by Gasteiger charge is -2.44. The molecule has 1 saturated carbocycles. The maximum absolute atomic E-state index is 5.52. The highest BCUT2D eigenvalue weighted by atomic mass is 32.2. The van der Waals surface area contributed by atoms with Gasteiger partial charge in [0.05, 0.1) is 0 Å². The van der Waals surface area contributed by atoms with Crippen molar-refractivity contribution in [1.29, 1.82) is 0 Å². The first-order chi connectivity index (χ1) is 11.0. The van der Waals surface area contributed by atoms with E-state index in [0.717, 1.165) is 51.0 Å². The summed E-state index contributed by atoms with van der Waals surface area (Å²) in [6.45, 7) is 8.45. The molecule has 1 heterocycles. The number of nitrogens with one attached hydrogen (secondary N) is 2. The molecule has 2 N–H and O–H groups in total. The lowest BCUT2D eigenvalue weighted by Crippen LogP contribution is -2.51. The third-order valence-electron chi connectivity index (χ3n) is 5.52. The van der Waals surface area contributed by atoms with Gasteiger partial charge in [0.15, 0.2) is 5.96 Å². The van der Waals surface area contributed by atoms with Gasteiger partial charge in [-0.25, -0.2) is 0 Å². The molecule has 0 aromatic heterocycles. The number of hydrogen-bond donors (Lipinski definition) is 2. The van der Waals surface area contributed by atoms with Crippen molar-refractivity contribution in [2.24, 2.45) is 16.3 Å². The number of guanidine groups is 1. The van der Waals surface area contributed by atoms with E-state index >= 15 is 0 Å². The molecule has 0 unspecified atom stereocenters. The van der Waals surface area contributed by atoms with E-state index < -0.39 is 0 Å². The molecule has 0 bridgehead atoms. The number of thioether (sulfide) groups is 1. The van der Waals surface area contributed by atoms with Crippen LogP contribution in [0.25, 0.3) is 0 Å². The molecule has 0 atom stereocenters. The average molecular weight is 342 g/mol. The number of ether oxygens (including phenoxy) is 1. The van der Waals surface area contributed by atoms with Crippen LogP contribution in [0.2, 0.25) is 0 Å². The van der Waals surface area contributed by atoms with E-state index in [2.05, 4.69) is 35.7 Å². The van der Waals surface area contributed by atoms with Crippen molar-refractivity contribution in [2.45, 2.75) is 57.1 Å². The summed E-state index contributed by atoms with van der Waals surface area (Å²) in [5.41, 5.74) is 0.502. The normalized spacial score (nSPS) is 23.4. The second-order valence-electron chi connectivity index (χ2n) is 7.73. The maximum Gasteiger partial charge on any atom is 0.191 e. The fourth-order valence-electron chi connectivity index (χ4n) is 3.93. The highest BCUT2D eigenvalue weighted by molar-refractivity contribution is 8.00. The van der Waals surface area contributed by atoms with E-state index in [-0.39, 0.29) is 0 Å². The molecule has 0 aromatic carbocycles. The van der Waals surface area contributed by atoms with Crippen molar-refractivity contribution in [1.82, 2.24) is 10.6 Å². The van der Waals surface area contributed by atoms with Gasteiger partial charge in [-0.3, -0.25) is 4.99 Å². The summed E-state index contributed by atoms with van der Waals surface area (Å²) in [4.78, 5) is 4.43. The Morgan fingerprint density at radius 1 is 1.13 bits per heavy atom. The average Bonchev–Trinajstić information content (AvgIpc) is 2.52. The maximum atomic E-state index is 5.52. The molecule has 0 spiro atoms. The van der Waals surface area contributed by atoms with Crippen LogP contribution in [-0.4, -0.2) is 50.3 Å². The molecular formula is C18H35N3OS. The lowest BCUT2D eigenvalue weighted by atomic mass is 9.64. The summed E-state index contributed by atoms with van der Waals surface area (Å²) in [5.74, 6) is 1.73. The summed E-state index contributed by atoms with van der Waals surface area (Å²) in [6, 6.07) is 0. The standard InChI is InChI=1S/C18H35N3OS/c1-15(2)12-17(6-5-7-17)13-20-16(19-3)21-14-18(23-4)8-10-22-11-9-18/h15H,5-14H2,1-4H3,(H2,19,20,21). The number of nitrogens with zero attached hydrogens (tertiary/aromatic N) is 1. The Hall–Kier alpha value is -0.420. The minimum atomic E-state index is 0.294. The van der Waals surface area contributed by atoms with E-state index in [1.165, 1.54) is 25.7 Å². The van der Waals surface area contributed by atoms with Gasteiger partial charge in [0.25, 0.3) is 0 Å². The Kier molecular flexibility index (Phi) is 7.08. The lowest BCUT2D eigenvalue weighted by molar-refractivity contribution is 0.0781. The summed E-state index contributed by atoms with van der Waals surface area (Å²) < 4.78 is 5.82. The van der Waals surface area contributed by atoms with Crippen LogP contribution in [0.5, 0.6) is 0 Å². The number of aliphatic imine (C=N–C) groups is 1. The van der Waals surface area contributed by atoms with Gasteiger partial charge in [0, 0.05) is 38.1 Å². The number of hydrogen-bond acceptors (Lipinski definition) is 3. The molecule has 5 heteroatoms. The van der Waals surface area contributed by atoms with Crippen LogP contribution in [0.4, 0.5) is 0 Å². The van der Waals surface area contributed by atoms with Crippen LogP contribution in [0, 0.1) is 11.3 Å². The molecule has 1 aliphatic heterocycles. The molecule has 2 fully saturated rings. The zero-order valence-corrected chi connectivity index (χ0v) is 16.2. The van der Waals surface area contributed by atoms with Crippen LogP contribution in [-0.2, 0) is 4.74 Å². The first-order valence-electron chi connectivity index (χ1n) is 9.11. The van der Waals surface area contributed by atoms with Crippen molar-refractivity contribution in [2.75, 3.05) is 39.6 Å². The smallest absolute Gasteiger partial charge is 0.191 e. The van der Waals surface area contributed by atoms with Gasteiger partial charge in [0.2, 0.25) is 0 Å². The molecule has 0 amide bonds. The van der Waals surface area contributed by atoms with Crippen molar-refractivity contribution in [3.05, 3.63) is 0 Å². The quantitative estimate of drug-likeness (QED) is 0.551. The van der Waals surface area contributed by atoms with Gasteiger partial charge < -0.3 is 15.4 Å². The fraction of sp³-hybridized carbons (Fsp3) is 0.944. The van der Waals surface area contributed by atoms with Gasteiger partial charge in [-0.1, -0.05) is 20.3 Å². The van der Waals surface area contributed by atoms with Crippen LogP contribution >= 0.6 is 11.8 Å². The van der Waals surface area contributed by atoms with E-state index in [1.54, 1.807) is 0 Å². The zero-order chi connectivity index (χ0) is 16.8. The monoisotopic (exact) mass is 341 g/mol. The van der Waals surface area contributed by atoms with Crippen LogP contribution in [0.3, 0.4) is 0 Å². The summed E-state index contributed by atoms with van der Waals surface area (Å²) in [7, 11) is 1.88. The molecule has 0 radical (unpaired) electrons. The number of rotatable bonds is 7. The van der Waals surface area contributed by atoms with Gasteiger partial charge >= 0.3 is 0 Å². The Bertz CT molecular complexity index is 388. The third kappa shape index (κ3) is 5.28. The predicted octanol–water partition coefficient (Wildman–Crippen LogP) is 3.28. The van der Waals surface area contributed by atoms with E-state index in [0.29, 0.717) is 10.2 Å². The Balaban J connectivity index is 1.81. The first-order valence-corrected chi connectivity index (χ1v) is 10.3. The van der Waals surface area contributed by atoms with E-state index in [4.69, 9.17) is 4.74 Å². The van der Waals surface area contributed by atoms with Crippen LogP contribution in [0.1, 0.15) is 52.4 Å². The molecule has 4 nitrogen and oxygen atoms in total. The molecule has 23 heavy (non-hydrogen) atoms. The second kappa shape index (κ2) is 8.61. The van der Waals surface area contributed by atoms with Crippen molar-refractivity contribution in [3.8, 4) is 0 Å². The summed E-state index contributed by atoms with van der Waals surface area (Å²) in [6.07, 6.45) is 9.89. The fourth-order valence-corrected chi connectivity index (χ4v) is 4.72. The summed E-state index contributed by atoms with van der Waals surface area (Å²) >= 11 is 1.97. The molecule has 1 aliphatic carbocycles. The highest BCUT2D eigenvalue weighted by Crippen LogP contribution is 2.45. The molecule has 2 aliphatic rings. The molecular weight excluding hydrogens is 306 g/mol. The Morgan fingerprint density at radius 2 is 1.78 bits per heavy atom. The molecule has 1 saturated heterocycles. The van der Waals surface area contributed by atoms with Gasteiger partial charge in [-0.05, 0) is 49.7 Å². The molecule has 134 valence electrons. The van der Waals surface area contributed by atoms with E-state index in [1.807, 2.05) is 18.8 Å². The highest BCUT2D eigenvalue weighted by Gasteiger charge is 2.37. The third-order valence-corrected chi connectivity index (χ3v) is 6.94. The van der Waals surface area contributed by atoms with Gasteiger partial charge in [-0.15, -0.1) is 0 Å². The summed E-state index contributed by atoms with van der Waals surface area (Å²) in [5, 5.41) is 7.16. The van der Waals surface area contributed by atoms with Crippen molar-refractivity contribution >= 4 is 17.7 Å².